The van der Waals surface area contributed by atoms with Crippen LogP contribution in [0.15, 0.2) is 41.6 Å². The second-order valence-electron chi connectivity index (χ2n) is 4.54. The first-order valence-electron chi connectivity index (χ1n) is 6.70. The van der Waals surface area contributed by atoms with Crippen molar-refractivity contribution in [3.63, 3.8) is 0 Å². The third kappa shape index (κ3) is 3.57. The number of carbonyl (C=O) groups is 1. The summed E-state index contributed by atoms with van der Waals surface area (Å²) in [6, 6.07) is 5.56. The zero-order valence-corrected chi connectivity index (χ0v) is 14.1. The van der Waals surface area contributed by atoms with Crippen molar-refractivity contribution < 1.29 is 27.4 Å². The van der Waals surface area contributed by atoms with Gasteiger partial charge in [0.15, 0.2) is 11.5 Å². The topological polar surface area (TPSA) is 104 Å². The molecule has 0 bridgehead atoms. The lowest BCUT2D eigenvalue weighted by molar-refractivity contribution is 0.0601. The van der Waals surface area contributed by atoms with Crippen molar-refractivity contribution in [1.82, 2.24) is 4.98 Å². The minimum absolute atomic E-state index is 0.00310. The molecule has 1 aromatic carbocycles. The molecule has 1 aromatic heterocycles. The van der Waals surface area contributed by atoms with Crippen LogP contribution in [0, 0.1) is 0 Å². The van der Waals surface area contributed by atoms with Crippen LogP contribution in [0.25, 0.3) is 0 Å². The van der Waals surface area contributed by atoms with Gasteiger partial charge in [-0.1, -0.05) is 0 Å². The molecule has 24 heavy (non-hydrogen) atoms. The molecule has 0 aliphatic heterocycles. The molecule has 0 atom stereocenters. The summed E-state index contributed by atoms with van der Waals surface area (Å²) in [6.45, 7) is 0. The summed E-state index contributed by atoms with van der Waals surface area (Å²) in [4.78, 5) is 15.7. The number of sulfonamides is 1. The zero-order valence-electron chi connectivity index (χ0n) is 13.3. The number of methoxy groups -OCH3 is 3. The summed E-state index contributed by atoms with van der Waals surface area (Å²) < 4.78 is 42.2. The predicted molar refractivity (Wildman–Crippen MR) is 85.9 cm³/mol. The van der Waals surface area contributed by atoms with E-state index in [0.717, 1.165) is 0 Å². The van der Waals surface area contributed by atoms with Crippen LogP contribution in [0.3, 0.4) is 0 Å². The van der Waals surface area contributed by atoms with E-state index in [1.165, 1.54) is 58.0 Å². The Hall–Kier alpha value is -2.81. The molecule has 2 rings (SSSR count). The average Bonchev–Trinajstić information content (AvgIpc) is 2.61. The second-order valence-corrected chi connectivity index (χ2v) is 6.22. The van der Waals surface area contributed by atoms with Crippen molar-refractivity contribution >= 4 is 21.7 Å². The smallest absolute Gasteiger partial charge is 0.340 e. The number of pyridine rings is 1. The number of hydrogen-bond donors (Lipinski definition) is 1. The lowest BCUT2D eigenvalue weighted by Gasteiger charge is -2.15. The predicted octanol–water partition coefficient (Wildman–Crippen LogP) is 1.69. The third-order valence-electron chi connectivity index (χ3n) is 3.12. The van der Waals surface area contributed by atoms with Gasteiger partial charge in [0.2, 0.25) is 0 Å². The van der Waals surface area contributed by atoms with Crippen molar-refractivity contribution in [3.05, 3.63) is 42.2 Å². The Labute approximate surface area is 139 Å². The maximum atomic E-state index is 12.4. The number of anilines is 1. The molecular formula is C15H16N2O6S. The van der Waals surface area contributed by atoms with Gasteiger partial charge in [-0.3, -0.25) is 9.71 Å². The minimum Gasteiger partial charge on any atom is -0.493 e. The normalized spacial score (nSPS) is 10.8. The Morgan fingerprint density at radius 2 is 1.79 bits per heavy atom. The van der Waals surface area contributed by atoms with E-state index in [1.807, 2.05) is 0 Å². The number of ether oxygens (including phenoxy) is 3. The van der Waals surface area contributed by atoms with Crippen molar-refractivity contribution in [3.8, 4) is 11.5 Å². The summed E-state index contributed by atoms with van der Waals surface area (Å²) in [6.07, 6.45) is 2.65. The summed E-state index contributed by atoms with van der Waals surface area (Å²) in [5, 5.41) is 0. The summed E-state index contributed by atoms with van der Waals surface area (Å²) in [5.74, 6) is -0.198. The summed E-state index contributed by atoms with van der Waals surface area (Å²) >= 11 is 0. The molecule has 0 aliphatic carbocycles. The molecule has 9 heteroatoms. The van der Waals surface area contributed by atoms with Gasteiger partial charge >= 0.3 is 5.97 Å². The van der Waals surface area contributed by atoms with Crippen molar-refractivity contribution in [1.29, 1.82) is 0 Å². The number of esters is 1. The van der Waals surface area contributed by atoms with Crippen LogP contribution < -0.4 is 14.2 Å². The molecule has 1 N–H and O–H groups in total. The van der Waals surface area contributed by atoms with Gasteiger partial charge in [0.05, 0.1) is 32.6 Å². The monoisotopic (exact) mass is 352 g/mol. The van der Waals surface area contributed by atoms with Gasteiger partial charge in [-0.15, -0.1) is 0 Å². The number of nitrogens with zero attached hydrogens (tertiary/aromatic N) is 1. The van der Waals surface area contributed by atoms with E-state index in [1.54, 1.807) is 0 Å². The fraction of sp³-hybridized carbons (Fsp3) is 0.200. The Morgan fingerprint density at radius 1 is 1.12 bits per heavy atom. The fourth-order valence-corrected chi connectivity index (χ4v) is 2.99. The van der Waals surface area contributed by atoms with Gasteiger partial charge in [-0.25, -0.2) is 13.2 Å². The molecule has 2 aromatic rings. The number of carbonyl (C=O) groups excluding carboxylic acids is 1. The van der Waals surface area contributed by atoms with Gasteiger partial charge in [0.1, 0.15) is 4.90 Å². The third-order valence-corrected chi connectivity index (χ3v) is 4.47. The summed E-state index contributed by atoms with van der Waals surface area (Å²) in [5.41, 5.74) is -0.00836. The van der Waals surface area contributed by atoms with E-state index in [9.17, 15) is 13.2 Å². The maximum absolute atomic E-state index is 12.4. The van der Waals surface area contributed by atoms with Crippen LogP contribution in [-0.2, 0) is 14.8 Å². The molecule has 0 aliphatic rings. The molecule has 8 nitrogen and oxygen atoms in total. The van der Waals surface area contributed by atoms with Gasteiger partial charge in [0, 0.05) is 24.5 Å². The highest BCUT2D eigenvalue weighted by Gasteiger charge is 2.22. The Balaban J connectivity index is 2.54. The largest absolute Gasteiger partial charge is 0.493 e. The van der Waals surface area contributed by atoms with E-state index < -0.39 is 16.0 Å². The minimum atomic E-state index is -3.94. The van der Waals surface area contributed by atoms with Crippen LogP contribution >= 0.6 is 0 Å². The maximum Gasteiger partial charge on any atom is 0.340 e. The standard InChI is InChI=1S/C15H16N2O6S/c1-21-13-7-11(15(18)23-3)12(8-14(13)22-2)17-24(19,20)10-5-4-6-16-9-10/h4-9,17H,1-3H3. The quantitative estimate of drug-likeness (QED) is 0.789. The van der Waals surface area contributed by atoms with Crippen molar-refractivity contribution in [2.24, 2.45) is 0 Å². The fourth-order valence-electron chi connectivity index (χ4n) is 1.95. The lowest BCUT2D eigenvalue weighted by atomic mass is 10.1. The van der Waals surface area contributed by atoms with Crippen molar-refractivity contribution in [2.45, 2.75) is 4.90 Å². The molecule has 0 saturated heterocycles. The molecule has 0 fully saturated rings. The highest BCUT2D eigenvalue weighted by Crippen LogP contribution is 2.34. The first-order chi connectivity index (χ1) is 11.4. The molecule has 0 amide bonds. The van der Waals surface area contributed by atoms with Crippen LogP contribution in [0.1, 0.15) is 10.4 Å². The molecule has 1 heterocycles. The van der Waals surface area contributed by atoms with E-state index in [2.05, 4.69) is 14.4 Å². The SMILES string of the molecule is COC(=O)c1cc(OC)c(OC)cc1NS(=O)(=O)c1cccnc1. The molecule has 0 saturated carbocycles. The highest BCUT2D eigenvalue weighted by molar-refractivity contribution is 7.92. The first kappa shape index (κ1) is 17.5. The zero-order chi connectivity index (χ0) is 17.7. The van der Waals surface area contributed by atoms with Gasteiger partial charge in [0.25, 0.3) is 10.0 Å². The van der Waals surface area contributed by atoms with Crippen molar-refractivity contribution in [2.75, 3.05) is 26.1 Å². The van der Waals surface area contributed by atoms with E-state index >= 15 is 0 Å². The molecular weight excluding hydrogens is 336 g/mol. The van der Waals surface area contributed by atoms with Gasteiger partial charge < -0.3 is 14.2 Å². The lowest BCUT2D eigenvalue weighted by Crippen LogP contribution is -2.16. The molecule has 0 radical (unpaired) electrons. The number of benzene rings is 1. The van der Waals surface area contributed by atoms with Gasteiger partial charge in [-0.2, -0.15) is 0 Å². The number of nitrogens with one attached hydrogen (secondary N) is 1. The molecule has 0 unspecified atom stereocenters. The van der Waals surface area contributed by atoms with Crippen LogP contribution in [0.4, 0.5) is 5.69 Å². The highest BCUT2D eigenvalue weighted by atomic mass is 32.2. The Morgan fingerprint density at radius 3 is 2.33 bits per heavy atom. The summed E-state index contributed by atoms with van der Waals surface area (Å²) in [7, 11) is 0.0532. The first-order valence-corrected chi connectivity index (χ1v) is 8.18. The number of rotatable bonds is 6. The Kier molecular flexibility index (Phi) is 5.24. The van der Waals surface area contributed by atoms with Crippen LogP contribution in [0.2, 0.25) is 0 Å². The Bertz CT molecular complexity index is 837. The van der Waals surface area contributed by atoms with Crippen LogP contribution in [0.5, 0.6) is 11.5 Å². The second kappa shape index (κ2) is 7.18. The van der Waals surface area contributed by atoms with E-state index in [0.29, 0.717) is 0 Å². The average molecular weight is 352 g/mol. The van der Waals surface area contributed by atoms with E-state index in [4.69, 9.17) is 9.47 Å². The number of aromatic nitrogens is 1. The molecule has 128 valence electrons. The van der Waals surface area contributed by atoms with Gasteiger partial charge in [-0.05, 0) is 12.1 Å². The molecule has 0 spiro atoms. The van der Waals surface area contributed by atoms with E-state index in [-0.39, 0.29) is 27.6 Å². The number of hydrogen-bond acceptors (Lipinski definition) is 7. The van der Waals surface area contributed by atoms with Crippen LogP contribution in [-0.4, -0.2) is 40.7 Å².